The maximum absolute atomic E-state index is 14.8. The monoisotopic (exact) mass is 1200 g/mol. The predicted molar refractivity (Wildman–Crippen MR) is 323 cm³/mol. The van der Waals surface area contributed by atoms with Crippen LogP contribution in [0.4, 0.5) is 9.59 Å². The number of nitrogens with one attached hydrogen (secondary N) is 4. The summed E-state index contributed by atoms with van der Waals surface area (Å²) >= 11 is 0. The number of aliphatic hydroxyl groups is 1. The van der Waals surface area contributed by atoms with Gasteiger partial charge in [0.05, 0.1) is 60.3 Å². The molecule has 0 radical (unpaired) electrons. The molecule has 9 amide bonds. The topological polar surface area (TPSA) is 272 Å². The van der Waals surface area contributed by atoms with Gasteiger partial charge >= 0.3 is 12.2 Å². The van der Waals surface area contributed by atoms with Gasteiger partial charge in [0.15, 0.2) is 0 Å². The van der Waals surface area contributed by atoms with E-state index >= 15 is 0 Å². The van der Waals surface area contributed by atoms with E-state index in [-0.39, 0.29) is 79.6 Å². The Labute approximate surface area is 507 Å². The van der Waals surface area contributed by atoms with Gasteiger partial charge in [0.25, 0.3) is 17.7 Å². The van der Waals surface area contributed by atoms with Crippen molar-refractivity contribution in [1.29, 1.82) is 0 Å². The second-order valence-corrected chi connectivity index (χ2v) is 23.7. The fourth-order valence-electron chi connectivity index (χ4n) is 11.7. The highest BCUT2D eigenvalue weighted by Gasteiger charge is 2.43. The van der Waals surface area contributed by atoms with E-state index < -0.39 is 96.0 Å². The summed E-state index contributed by atoms with van der Waals surface area (Å²) in [6, 6.07) is 10.6. The number of benzene rings is 2. The van der Waals surface area contributed by atoms with Crippen LogP contribution in [0.2, 0.25) is 0 Å². The zero-order valence-corrected chi connectivity index (χ0v) is 52.4. The van der Waals surface area contributed by atoms with Crippen molar-refractivity contribution in [2.75, 3.05) is 54.5 Å². The van der Waals surface area contributed by atoms with Crippen molar-refractivity contribution in [2.45, 2.75) is 168 Å². The Hall–Kier alpha value is -7.17. The van der Waals surface area contributed by atoms with Gasteiger partial charge in [0.2, 0.25) is 23.6 Å². The number of imide groups is 1. The molecule has 1 aliphatic carbocycles. The first-order chi connectivity index (χ1) is 40.9. The van der Waals surface area contributed by atoms with Gasteiger partial charge < -0.3 is 55.1 Å². The van der Waals surface area contributed by atoms with Crippen LogP contribution < -0.4 is 26.0 Å². The molecule has 11 atom stereocenters. The van der Waals surface area contributed by atoms with E-state index in [2.05, 4.69) is 27.3 Å². The Morgan fingerprint density at radius 1 is 0.802 bits per heavy atom. The van der Waals surface area contributed by atoms with Crippen molar-refractivity contribution in [3.8, 4) is 5.75 Å². The Bertz CT molecular complexity index is 2680. The van der Waals surface area contributed by atoms with Gasteiger partial charge in [-0.15, -0.1) is 0 Å². The second-order valence-electron chi connectivity index (χ2n) is 23.7. The summed E-state index contributed by atoms with van der Waals surface area (Å²) in [5.41, 5.74) is 0.937. The molecule has 0 aromatic heterocycles. The van der Waals surface area contributed by atoms with Crippen LogP contribution in [0.5, 0.6) is 5.75 Å². The minimum atomic E-state index is -1.05. The lowest BCUT2D eigenvalue weighted by atomic mass is 9.87. The van der Waals surface area contributed by atoms with Crippen LogP contribution in [0.3, 0.4) is 0 Å². The number of allylic oxidation sites excluding steroid dienone is 1. The van der Waals surface area contributed by atoms with Crippen molar-refractivity contribution in [2.24, 2.45) is 29.6 Å². The van der Waals surface area contributed by atoms with Gasteiger partial charge in [-0.3, -0.25) is 43.4 Å². The molecule has 0 bridgehead atoms. The van der Waals surface area contributed by atoms with Gasteiger partial charge in [-0.05, 0) is 86.5 Å². The predicted octanol–water partition coefficient (Wildman–Crippen LogP) is 6.46. The first-order valence-electron chi connectivity index (χ1n) is 30.3. The van der Waals surface area contributed by atoms with Crippen LogP contribution in [-0.4, -0.2) is 175 Å². The number of aliphatic hydroxyl groups excluding tert-OH is 1. The Kier molecular flexibility index (Phi) is 27.2. The minimum absolute atomic E-state index is 0.0581. The lowest BCUT2D eigenvalue weighted by molar-refractivity contribution is -0.148. The summed E-state index contributed by atoms with van der Waals surface area (Å²) in [7, 11) is 6.16. The summed E-state index contributed by atoms with van der Waals surface area (Å²) in [5.74, 6) is -5.32. The minimum Gasteiger partial charge on any atom is -0.445 e. The van der Waals surface area contributed by atoms with E-state index in [0.29, 0.717) is 43.4 Å². The summed E-state index contributed by atoms with van der Waals surface area (Å²) < 4.78 is 23.5. The first-order valence-corrected chi connectivity index (χ1v) is 30.3. The van der Waals surface area contributed by atoms with Gasteiger partial charge in [-0.2, -0.15) is 0 Å². The van der Waals surface area contributed by atoms with Crippen LogP contribution in [-0.2, 0) is 49.6 Å². The highest BCUT2D eigenvalue weighted by molar-refractivity contribution is 6.13. The number of ether oxygens (including phenoxy) is 4. The van der Waals surface area contributed by atoms with E-state index in [0.717, 1.165) is 42.7 Å². The molecule has 11 unspecified atom stereocenters. The van der Waals surface area contributed by atoms with Crippen molar-refractivity contribution < 1.29 is 67.2 Å². The van der Waals surface area contributed by atoms with Gasteiger partial charge in [0, 0.05) is 72.7 Å². The smallest absolute Gasteiger partial charge is 0.412 e. The van der Waals surface area contributed by atoms with Gasteiger partial charge in [0.1, 0.15) is 18.4 Å². The Balaban J connectivity index is 1.23. The quantitative estimate of drug-likeness (QED) is 0.0432. The van der Waals surface area contributed by atoms with Crippen molar-refractivity contribution >= 4 is 53.5 Å². The molecule has 5 rings (SSSR count). The largest absolute Gasteiger partial charge is 0.445 e. The molecular formula is C64H94N8O14. The van der Waals surface area contributed by atoms with E-state index in [9.17, 15) is 48.3 Å². The molecule has 2 heterocycles. The fraction of sp³-hybridized carbons (Fsp3) is 0.609. The van der Waals surface area contributed by atoms with E-state index in [1.807, 2.05) is 52.0 Å². The highest BCUT2D eigenvalue weighted by atomic mass is 16.6. The lowest BCUT2D eigenvalue weighted by Gasteiger charge is -2.41. The van der Waals surface area contributed by atoms with E-state index in [4.69, 9.17) is 18.9 Å². The normalized spacial score (nSPS) is 19.2. The molecule has 86 heavy (non-hydrogen) atoms. The molecule has 1 saturated heterocycles. The molecule has 474 valence electrons. The fourth-order valence-corrected chi connectivity index (χ4v) is 11.7. The third-order valence-electron chi connectivity index (χ3n) is 16.9. The molecule has 0 saturated carbocycles. The number of carbonyl (C=O) groups is 9. The number of hydrogen-bond acceptors (Lipinski definition) is 14. The molecule has 3 aliphatic rings. The second kappa shape index (κ2) is 33.7. The third-order valence-corrected chi connectivity index (χ3v) is 16.9. The average Bonchev–Trinajstić information content (AvgIpc) is 2.57. The standard InChI is InChI=1S/C64H94N8O14/c1-13-41(6)56(51(83-11)36-54(75)71-33-22-27-49(71)58(84-12)42(7)59(77)67-43(8)57(76)45-23-18-17-19-24-45)69(9)62(80)48(39(2)3)37-66-61(79)55(40(4)5)70(10)64(82)85-38-44-28-29-50(86-63(81)68-46-25-20-15-14-16-21-26-46)47(35-44)60(78)65-32-34-72-52(73)30-31-53(72)74/h15,17-20,23-24,28-31,35,39-43,46,48-49,51,55-58,76H,13-14,16,21-22,25-27,32-34,36-38H2,1-12H3,(H,65,78)(H,66,79)(H,67,77)(H,68,81). The number of likely N-dealkylation sites (tertiary alicyclic amines) is 1. The summed E-state index contributed by atoms with van der Waals surface area (Å²) in [5, 5.41) is 22.4. The van der Waals surface area contributed by atoms with Crippen LogP contribution in [0, 0.1) is 29.6 Å². The third kappa shape index (κ3) is 18.9. The maximum Gasteiger partial charge on any atom is 0.412 e. The molecule has 1 fully saturated rings. The number of methoxy groups -OCH3 is 2. The number of rotatable bonds is 29. The molecule has 2 aliphatic heterocycles. The number of nitrogens with zero attached hydrogens (tertiary/aromatic N) is 4. The van der Waals surface area contributed by atoms with E-state index in [1.54, 1.807) is 56.7 Å². The summed E-state index contributed by atoms with van der Waals surface area (Å²) in [6.07, 6.45) is 8.58. The average molecular weight is 1200 g/mol. The molecule has 0 spiro atoms. The van der Waals surface area contributed by atoms with Gasteiger partial charge in [-0.1, -0.05) is 110 Å². The van der Waals surface area contributed by atoms with Crippen LogP contribution in [0.1, 0.15) is 141 Å². The zero-order chi connectivity index (χ0) is 63.4. The van der Waals surface area contributed by atoms with Gasteiger partial charge in [-0.25, -0.2) is 9.59 Å². The lowest BCUT2D eigenvalue weighted by Crippen LogP contribution is -2.56. The molecular weight excluding hydrogens is 1100 g/mol. The summed E-state index contributed by atoms with van der Waals surface area (Å²) in [4.78, 5) is 128. The van der Waals surface area contributed by atoms with Crippen LogP contribution in [0.25, 0.3) is 0 Å². The highest BCUT2D eigenvalue weighted by Crippen LogP contribution is 2.31. The Morgan fingerprint density at radius 2 is 1.50 bits per heavy atom. The van der Waals surface area contributed by atoms with Crippen molar-refractivity contribution in [3.63, 3.8) is 0 Å². The van der Waals surface area contributed by atoms with Crippen LogP contribution in [0.15, 0.2) is 72.8 Å². The molecule has 22 nitrogen and oxygen atoms in total. The first kappa shape index (κ1) is 69.6. The number of amides is 9. The maximum atomic E-state index is 14.8. The summed E-state index contributed by atoms with van der Waals surface area (Å²) in [6.45, 7) is 14.6. The number of likely N-dealkylation sites (N-methyl/N-ethyl adjacent to an activating group) is 2. The van der Waals surface area contributed by atoms with E-state index in [1.165, 1.54) is 44.4 Å². The molecule has 5 N–H and O–H groups in total. The molecule has 22 heteroatoms. The molecule has 2 aromatic rings. The Morgan fingerprint density at radius 3 is 2.14 bits per heavy atom. The SMILES string of the molecule is CCC(C)C(C(CC(=O)N1CCCC1C(OC)C(C)C(=O)NC(C)C(O)c1ccccc1)OC)N(C)C(=O)C(CNC(=O)C(C(C)C)N(C)C(=O)OCc1ccc(OC(=O)NC2CC=CCCCC2)c(C(=O)NCCN2C(=O)C=CC2=O)c1)C(C)C. The zero-order valence-electron chi connectivity index (χ0n) is 52.4. The van der Waals surface area contributed by atoms with Crippen molar-refractivity contribution in [1.82, 2.24) is 40.9 Å². The molecule has 2 aromatic carbocycles. The number of carbonyl (C=O) groups excluding carboxylic acids is 9. The van der Waals surface area contributed by atoms with Crippen LogP contribution >= 0.6 is 0 Å². The van der Waals surface area contributed by atoms with Crippen molar-refractivity contribution in [3.05, 3.63) is 89.5 Å². The number of hydrogen-bond donors (Lipinski definition) is 5.